The molecule has 0 aliphatic rings. The first-order valence-electron chi connectivity index (χ1n) is 7.07. The molecule has 1 N–H and O–H groups in total. The van der Waals surface area contributed by atoms with Gasteiger partial charge >= 0.3 is 0 Å². The summed E-state index contributed by atoms with van der Waals surface area (Å²) in [5.74, 6) is -0.607. The van der Waals surface area contributed by atoms with Crippen LogP contribution in [0.4, 0.5) is 4.39 Å². The van der Waals surface area contributed by atoms with Crippen LogP contribution in [0.3, 0.4) is 0 Å². The van der Waals surface area contributed by atoms with Crippen molar-refractivity contribution in [1.29, 1.82) is 0 Å². The molecule has 22 heavy (non-hydrogen) atoms. The van der Waals surface area contributed by atoms with Crippen molar-refractivity contribution in [3.63, 3.8) is 0 Å². The predicted octanol–water partition coefficient (Wildman–Crippen LogP) is 3.22. The quantitative estimate of drug-likeness (QED) is 0.656. The zero-order valence-electron chi connectivity index (χ0n) is 12.6. The summed E-state index contributed by atoms with van der Waals surface area (Å²) < 4.78 is 13.6. The van der Waals surface area contributed by atoms with Gasteiger partial charge in [0.1, 0.15) is 5.82 Å². The first kappa shape index (κ1) is 16.4. The van der Waals surface area contributed by atoms with Crippen molar-refractivity contribution < 1.29 is 9.18 Å². The van der Waals surface area contributed by atoms with Gasteiger partial charge < -0.3 is 5.32 Å². The van der Waals surface area contributed by atoms with Gasteiger partial charge in [-0.25, -0.2) is 14.4 Å². The monoisotopic (exact) mass is 319 g/mol. The van der Waals surface area contributed by atoms with E-state index in [9.17, 15) is 9.18 Å². The molecule has 0 spiro atoms. The van der Waals surface area contributed by atoms with Crippen LogP contribution in [0, 0.1) is 5.82 Å². The molecule has 0 atom stereocenters. The van der Waals surface area contributed by atoms with Crippen molar-refractivity contribution in [2.45, 2.75) is 31.5 Å². The van der Waals surface area contributed by atoms with Crippen LogP contribution in [0.25, 0.3) is 0 Å². The van der Waals surface area contributed by atoms with E-state index < -0.39 is 0 Å². The third kappa shape index (κ3) is 4.04. The molecule has 0 saturated carbocycles. The van der Waals surface area contributed by atoms with Crippen LogP contribution in [0.5, 0.6) is 0 Å². The third-order valence-electron chi connectivity index (χ3n) is 3.16. The second-order valence-corrected chi connectivity index (χ2v) is 5.51. The number of carbonyl (C=O) groups is 1. The molecule has 0 saturated heterocycles. The Labute approximate surface area is 133 Å². The Morgan fingerprint density at radius 2 is 2.14 bits per heavy atom. The number of nitrogens with one attached hydrogen (secondary N) is 1. The topological polar surface area (TPSA) is 54.9 Å². The van der Waals surface area contributed by atoms with Gasteiger partial charge in [0.25, 0.3) is 5.91 Å². The Morgan fingerprint density at radius 3 is 2.82 bits per heavy atom. The van der Waals surface area contributed by atoms with E-state index in [1.807, 2.05) is 13.2 Å². The van der Waals surface area contributed by atoms with Crippen molar-refractivity contribution in [3.05, 3.63) is 53.1 Å². The highest BCUT2D eigenvalue weighted by molar-refractivity contribution is 7.98. The number of nitrogens with zero attached hydrogens (tertiary/aromatic N) is 2. The number of hydrogen-bond donors (Lipinski definition) is 1. The number of aryl methyl sites for hydroxylation is 1. The smallest absolute Gasteiger partial charge is 0.254 e. The molecule has 4 nitrogen and oxygen atoms in total. The Balaban J connectivity index is 2.13. The summed E-state index contributed by atoms with van der Waals surface area (Å²) in [6.45, 7) is 2.17. The Kier molecular flexibility index (Phi) is 5.89. The van der Waals surface area contributed by atoms with E-state index in [0.29, 0.717) is 22.7 Å². The van der Waals surface area contributed by atoms with Gasteiger partial charge in [-0.05, 0) is 18.7 Å². The Bertz CT molecular complexity index is 664. The van der Waals surface area contributed by atoms with Crippen molar-refractivity contribution in [3.8, 4) is 0 Å². The van der Waals surface area contributed by atoms with E-state index in [1.54, 1.807) is 24.4 Å². The van der Waals surface area contributed by atoms with Gasteiger partial charge in [-0.15, -0.1) is 0 Å². The summed E-state index contributed by atoms with van der Waals surface area (Å²) in [6, 6.07) is 6.38. The molecule has 0 radical (unpaired) electrons. The highest BCUT2D eigenvalue weighted by Gasteiger charge is 2.14. The number of aromatic nitrogens is 2. The first-order chi connectivity index (χ1) is 10.7. The molecule has 0 fully saturated rings. The van der Waals surface area contributed by atoms with E-state index in [2.05, 4.69) is 15.3 Å². The molecule has 0 aliphatic heterocycles. The minimum Gasteiger partial charge on any atom is -0.348 e. The van der Waals surface area contributed by atoms with Gasteiger partial charge in [-0.3, -0.25) is 4.79 Å². The molecule has 116 valence electrons. The summed E-state index contributed by atoms with van der Waals surface area (Å²) in [5, 5.41) is 3.37. The highest BCUT2D eigenvalue weighted by Crippen LogP contribution is 2.14. The minimum absolute atomic E-state index is 0.140. The number of halogens is 1. The van der Waals surface area contributed by atoms with Gasteiger partial charge in [-0.1, -0.05) is 43.3 Å². The van der Waals surface area contributed by atoms with Crippen LogP contribution in [0.2, 0.25) is 0 Å². The number of thioether (sulfide) groups is 1. The summed E-state index contributed by atoms with van der Waals surface area (Å²) >= 11 is 1.44. The maximum absolute atomic E-state index is 13.6. The lowest BCUT2D eigenvalue weighted by molar-refractivity contribution is 0.0948. The van der Waals surface area contributed by atoms with Crippen molar-refractivity contribution >= 4 is 17.7 Å². The minimum atomic E-state index is -0.328. The molecule has 1 aromatic heterocycles. The normalized spacial score (nSPS) is 10.5. The number of carbonyl (C=O) groups excluding carboxylic acids is 1. The van der Waals surface area contributed by atoms with Crippen LogP contribution in [-0.4, -0.2) is 22.1 Å². The fourth-order valence-electron chi connectivity index (χ4n) is 2.03. The molecule has 1 aromatic carbocycles. The molecular formula is C16H18FN3OS. The van der Waals surface area contributed by atoms with E-state index in [1.165, 1.54) is 17.8 Å². The standard InChI is InChI=1S/C16H18FN3OS/c1-3-6-14-12(10-19-16(20-14)22-2)15(21)18-9-11-7-4-5-8-13(11)17/h4-5,7-8,10H,3,6,9H2,1-2H3,(H,18,21). The van der Waals surface area contributed by atoms with E-state index in [0.717, 1.165) is 12.1 Å². The lowest BCUT2D eigenvalue weighted by Gasteiger charge is -2.10. The fraction of sp³-hybridized carbons (Fsp3) is 0.312. The van der Waals surface area contributed by atoms with Gasteiger partial charge in [0.15, 0.2) is 5.16 Å². The van der Waals surface area contributed by atoms with Crippen LogP contribution in [-0.2, 0) is 13.0 Å². The van der Waals surface area contributed by atoms with Crippen LogP contribution in [0.1, 0.15) is 35.0 Å². The number of benzene rings is 1. The summed E-state index contributed by atoms with van der Waals surface area (Å²) in [5.41, 5.74) is 1.64. The van der Waals surface area contributed by atoms with E-state index in [-0.39, 0.29) is 18.3 Å². The lowest BCUT2D eigenvalue weighted by Crippen LogP contribution is -2.25. The Hall–Kier alpha value is -1.95. The maximum Gasteiger partial charge on any atom is 0.254 e. The van der Waals surface area contributed by atoms with Crippen molar-refractivity contribution in [2.75, 3.05) is 6.26 Å². The first-order valence-corrected chi connectivity index (χ1v) is 8.29. The highest BCUT2D eigenvalue weighted by atomic mass is 32.2. The molecule has 6 heteroatoms. The average molecular weight is 319 g/mol. The zero-order valence-corrected chi connectivity index (χ0v) is 13.4. The second kappa shape index (κ2) is 7.89. The number of amides is 1. The number of hydrogen-bond acceptors (Lipinski definition) is 4. The summed E-state index contributed by atoms with van der Waals surface area (Å²) in [6.07, 6.45) is 5.03. The predicted molar refractivity (Wildman–Crippen MR) is 85.4 cm³/mol. The molecule has 0 aliphatic carbocycles. The molecule has 1 heterocycles. The second-order valence-electron chi connectivity index (χ2n) is 4.74. The molecule has 2 rings (SSSR count). The molecular weight excluding hydrogens is 301 g/mol. The van der Waals surface area contributed by atoms with Crippen LogP contribution >= 0.6 is 11.8 Å². The molecule has 0 unspecified atom stereocenters. The van der Waals surface area contributed by atoms with Crippen molar-refractivity contribution in [2.24, 2.45) is 0 Å². The van der Waals surface area contributed by atoms with Gasteiger partial charge in [0, 0.05) is 18.3 Å². The number of rotatable bonds is 6. The van der Waals surface area contributed by atoms with Gasteiger partial charge in [0.05, 0.1) is 11.3 Å². The Morgan fingerprint density at radius 1 is 1.36 bits per heavy atom. The fourth-order valence-corrected chi connectivity index (χ4v) is 2.39. The SMILES string of the molecule is CCCc1nc(SC)ncc1C(=O)NCc1ccccc1F. The zero-order chi connectivity index (χ0) is 15.9. The van der Waals surface area contributed by atoms with E-state index >= 15 is 0 Å². The summed E-state index contributed by atoms with van der Waals surface area (Å²) in [7, 11) is 0. The van der Waals surface area contributed by atoms with Gasteiger partial charge in [0.2, 0.25) is 0 Å². The average Bonchev–Trinajstić information content (AvgIpc) is 2.54. The van der Waals surface area contributed by atoms with Crippen LogP contribution in [0.15, 0.2) is 35.6 Å². The maximum atomic E-state index is 13.6. The summed E-state index contributed by atoms with van der Waals surface area (Å²) in [4.78, 5) is 20.8. The molecule has 0 bridgehead atoms. The van der Waals surface area contributed by atoms with Crippen LogP contribution < -0.4 is 5.32 Å². The lowest BCUT2D eigenvalue weighted by atomic mass is 10.1. The van der Waals surface area contributed by atoms with Crippen molar-refractivity contribution in [1.82, 2.24) is 15.3 Å². The molecule has 1 amide bonds. The third-order valence-corrected chi connectivity index (χ3v) is 3.72. The molecule has 2 aromatic rings. The van der Waals surface area contributed by atoms with E-state index in [4.69, 9.17) is 0 Å². The largest absolute Gasteiger partial charge is 0.348 e. The van der Waals surface area contributed by atoms with Gasteiger partial charge in [-0.2, -0.15) is 0 Å².